The van der Waals surface area contributed by atoms with Gasteiger partial charge < -0.3 is 9.73 Å². The zero-order chi connectivity index (χ0) is 20.0. The molecule has 0 aliphatic carbocycles. The number of hydrogen-bond acceptors (Lipinski definition) is 3. The predicted octanol–water partition coefficient (Wildman–Crippen LogP) is 5.49. The standard InChI is InChI=1S/C24H14FNO3/c25-20-10-4-9-19-22(27)18-12-11-15(13-21(18)29-23(19)20)26-24(28)17-8-3-6-14-5-1-2-7-16(14)17/h1-13H,(H,26,28). The molecule has 0 unspecified atom stereocenters. The number of anilines is 1. The number of halogens is 1. The Labute approximate surface area is 164 Å². The lowest BCUT2D eigenvalue weighted by Gasteiger charge is -2.09. The smallest absolute Gasteiger partial charge is 0.256 e. The van der Waals surface area contributed by atoms with Gasteiger partial charge in [0.1, 0.15) is 5.58 Å². The van der Waals surface area contributed by atoms with Gasteiger partial charge in [0.2, 0.25) is 5.43 Å². The summed E-state index contributed by atoms with van der Waals surface area (Å²) < 4.78 is 19.7. The van der Waals surface area contributed by atoms with E-state index in [4.69, 9.17) is 4.42 Å². The molecule has 0 aliphatic rings. The van der Waals surface area contributed by atoms with Crippen LogP contribution in [0.3, 0.4) is 0 Å². The van der Waals surface area contributed by atoms with Crippen molar-refractivity contribution in [1.82, 2.24) is 0 Å². The molecule has 0 spiro atoms. The Morgan fingerprint density at radius 1 is 0.828 bits per heavy atom. The highest BCUT2D eigenvalue weighted by molar-refractivity contribution is 6.13. The molecular weight excluding hydrogens is 369 g/mol. The van der Waals surface area contributed by atoms with E-state index in [1.54, 1.807) is 18.2 Å². The number of amides is 1. The third-order valence-corrected chi connectivity index (χ3v) is 4.94. The number of benzene rings is 4. The zero-order valence-corrected chi connectivity index (χ0v) is 15.1. The summed E-state index contributed by atoms with van der Waals surface area (Å²) in [6, 6.07) is 22.1. The van der Waals surface area contributed by atoms with E-state index in [0.717, 1.165) is 10.8 Å². The van der Waals surface area contributed by atoms with Crippen LogP contribution < -0.4 is 10.7 Å². The molecule has 5 heteroatoms. The van der Waals surface area contributed by atoms with Gasteiger partial charge in [0.05, 0.1) is 10.8 Å². The Hall–Kier alpha value is -3.99. The third kappa shape index (κ3) is 2.84. The summed E-state index contributed by atoms with van der Waals surface area (Å²) in [6.45, 7) is 0. The minimum atomic E-state index is -0.605. The Bertz CT molecular complexity index is 1480. The van der Waals surface area contributed by atoms with Crippen LogP contribution in [0.25, 0.3) is 32.7 Å². The van der Waals surface area contributed by atoms with Crippen molar-refractivity contribution in [3.05, 3.63) is 100 Å². The van der Waals surface area contributed by atoms with E-state index < -0.39 is 5.82 Å². The molecule has 0 bridgehead atoms. The number of hydrogen-bond donors (Lipinski definition) is 1. The minimum absolute atomic E-state index is 0.0949. The molecule has 0 atom stereocenters. The number of carbonyl (C=O) groups excluding carboxylic acids is 1. The molecule has 0 fully saturated rings. The normalized spacial score (nSPS) is 11.2. The molecule has 1 N–H and O–H groups in total. The van der Waals surface area contributed by atoms with Gasteiger partial charge in [0.25, 0.3) is 5.91 Å². The summed E-state index contributed by atoms with van der Waals surface area (Å²) >= 11 is 0. The Morgan fingerprint density at radius 2 is 1.59 bits per heavy atom. The molecule has 140 valence electrons. The van der Waals surface area contributed by atoms with Crippen LogP contribution >= 0.6 is 0 Å². The number of para-hydroxylation sites is 1. The predicted molar refractivity (Wildman–Crippen MR) is 112 cm³/mol. The van der Waals surface area contributed by atoms with E-state index in [9.17, 15) is 14.0 Å². The lowest BCUT2D eigenvalue weighted by molar-refractivity contribution is 0.102. The zero-order valence-electron chi connectivity index (χ0n) is 15.1. The Balaban J connectivity index is 1.58. The van der Waals surface area contributed by atoms with Gasteiger partial charge in [-0.05, 0) is 41.1 Å². The molecule has 1 aromatic heterocycles. The molecule has 5 rings (SSSR count). The van der Waals surface area contributed by atoms with E-state index in [2.05, 4.69) is 5.32 Å². The van der Waals surface area contributed by atoms with E-state index in [1.807, 2.05) is 36.4 Å². The van der Waals surface area contributed by atoms with Crippen molar-refractivity contribution in [3.8, 4) is 0 Å². The maximum Gasteiger partial charge on any atom is 0.256 e. The van der Waals surface area contributed by atoms with Crippen LogP contribution in [-0.2, 0) is 0 Å². The van der Waals surface area contributed by atoms with Crippen LogP contribution in [0.15, 0.2) is 88.1 Å². The summed E-state index contributed by atoms with van der Waals surface area (Å²) in [5.74, 6) is -0.887. The molecule has 29 heavy (non-hydrogen) atoms. The van der Waals surface area contributed by atoms with Crippen LogP contribution in [0, 0.1) is 5.82 Å². The first-order chi connectivity index (χ1) is 14.1. The van der Waals surface area contributed by atoms with Gasteiger partial charge >= 0.3 is 0 Å². The van der Waals surface area contributed by atoms with Gasteiger partial charge in [-0.1, -0.05) is 42.5 Å². The maximum atomic E-state index is 14.1. The van der Waals surface area contributed by atoms with E-state index in [-0.39, 0.29) is 27.9 Å². The number of rotatable bonds is 2. The highest BCUT2D eigenvalue weighted by Crippen LogP contribution is 2.25. The molecule has 0 saturated heterocycles. The first-order valence-electron chi connectivity index (χ1n) is 9.06. The van der Waals surface area contributed by atoms with E-state index in [1.165, 1.54) is 24.3 Å². The van der Waals surface area contributed by atoms with Crippen molar-refractivity contribution in [1.29, 1.82) is 0 Å². The van der Waals surface area contributed by atoms with Crippen molar-refractivity contribution in [2.24, 2.45) is 0 Å². The summed E-state index contributed by atoms with van der Waals surface area (Å²) in [6.07, 6.45) is 0. The van der Waals surface area contributed by atoms with Crippen molar-refractivity contribution in [3.63, 3.8) is 0 Å². The van der Waals surface area contributed by atoms with Gasteiger partial charge in [-0.15, -0.1) is 0 Å². The first-order valence-corrected chi connectivity index (χ1v) is 9.06. The van der Waals surface area contributed by atoms with Crippen molar-refractivity contribution in [2.45, 2.75) is 0 Å². The second-order valence-electron chi connectivity index (χ2n) is 6.74. The second-order valence-corrected chi connectivity index (χ2v) is 6.74. The van der Waals surface area contributed by atoms with Crippen LogP contribution in [-0.4, -0.2) is 5.91 Å². The molecule has 0 saturated carbocycles. The van der Waals surface area contributed by atoms with Crippen molar-refractivity contribution >= 4 is 44.3 Å². The van der Waals surface area contributed by atoms with Gasteiger partial charge in [-0.3, -0.25) is 9.59 Å². The van der Waals surface area contributed by atoms with Crippen LogP contribution in [0.5, 0.6) is 0 Å². The second kappa shape index (κ2) is 6.56. The fourth-order valence-corrected chi connectivity index (χ4v) is 3.54. The van der Waals surface area contributed by atoms with Gasteiger partial charge in [-0.25, -0.2) is 4.39 Å². The molecule has 4 nitrogen and oxygen atoms in total. The third-order valence-electron chi connectivity index (χ3n) is 4.94. The van der Waals surface area contributed by atoms with Crippen molar-refractivity contribution < 1.29 is 13.6 Å². The lowest BCUT2D eigenvalue weighted by atomic mass is 10.0. The van der Waals surface area contributed by atoms with Crippen LogP contribution in [0.2, 0.25) is 0 Å². The number of fused-ring (bicyclic) bond motifs is 3. The largest absolute Gasteiger partial charge is 0.453 e. The monoisotopic (exact) mass is 383 g/mol. The molecule has 4 aromatic carbocycles. The summed E-state index contributed by atoms with van der Waals surface area (Å²) in [5, 5.41) is 5.15. The van der Waals surface area contributed by atoms with Gasteiger partial charge in [0, 0.05) is 17.3 Å². The molecule has 0 radical (unpaired) electrons. The fraction of sp³-hybridized carbons (Fsp3) is 0. The molecule has 1 heterocycles. The highest BCUT2D eigenvalue weighted by atomic mass is 19.1. The SMILES string of the molecule is O=C(Nc1ccc2c(=O)c3cccc(F)c3oc2c1)c1cccc2ccccc12. The van der Waals surface area contributed by atoms with Crippen LogP contribution in [0.4, 0.5) is 10.1 Å². The fourth-order valence-electron chi connectivity index (χ4n) is 3.54. The maximum absolute atomic E-state index is 14.1. The number of nitrogens with one attached hydrogen (secondary N) is 1. The summed E-state index contributed by atoms with van der Waals surface area (Å²) in [7, 11) is 0. The topological polar surface area (TPSA) is 59.3 Å². The van der Waals surface area contributed by atoms with Crippen molar-refractivity contribution in [2.75, 3.05) is 5.32 Å². The lowest BCUT2D eigenvalue weighted by Crippen LogP contribution is -2.12. The Kier molecular flexibility index (Phi) is 3.88. The van der Waals surface area contributed by atoms with E-state index in [0.29, 0.717) is 16.6 Å². The molecule has 5 aromatic rings. The average Bonchev–Trinajstić information content (AvgIpc) is 2.74. The summed E-state index contributed by atoms with van der Waals surface area (Å²) in [5.41, 5.74) is 0.794. The Morgan fingerprint density at radius 3 is 2.48 bits per heavy atom. The molecule has 1 amide bonds. The number of carbonyl (C=O) groups is 1. The quantitative estimate of drug-likeness (QED) is 0.410. The van der Waals surface area contributed by atoms with Gasteiger partial charge in [0.15, 0.2) is 11.4 Å². The first kappa shape index (κ1) is 17.1. The van der Waals surface area contributed by atoms with Crippen LogP contribution in [0.1, 0.15) is 10.4 Å². The van der Waals surface area contributed by atoms with Gasteiger partial charge in [-0.2, -0.15) is 0 Å². The average molecular weight is 383 g/mol. The molecular formula is C24H14FNO3. The van der Waals surface area contributed by atoms with E-state index >= 15 is 0 Å². The minimum Gasteiger partial charge on any atom is -0.453 e. The highest BCUT2D eigenvalue weighted by Gasteiger charge is 2.14. The molecule has 0 aliphatic heterocycles. The summed E-state index contributed by atoms with van der Waals surface area (Å²) in [4.78, 5) is 25.5.